The lowest BCUT2D eigenvalue weighted by Crippen LogP contribution is -2.51. The number of hydrogen-bond acceptors (Lipinski definition) is 4. The Bertz CT molecular complexity index is 309. The maximum atomic E-state index is 11.8. The van der Waals surface area contributed by atoms with E-state index < -0.39 is 12.0 Å². The molecule has 4 N–H and O–H groups in total. The third-order valence-corrected chi connectivity index (χ3v) is 3.56. The highest BCUT2D eigenvalue weighted by Crippen LogP contribution is 2.15. The van der Waals surface area contributed by atoms with E-state index in [1.165, 1.54) is 0 Å². The molecular formula is C12H23N3O3. The Labute approximate surface area is 108 Å². The summed E-state index contributed by atoms with van der Waals surface area (Å²) in [6.45, 7) is 3.08. The summed E-state index contributed by atoms with van der Waals surface area (Å²) >= 11 is 0. The molecule has 104 valence electrons. The molecule has 1 heterocycles. The van der Waals surface area contributed by atoms with Crippen LogP contribution in [0.5, 0.6) is 0 Å². The van der Waals surface area contributed by atoms with E-state index in [9.17, 15) is 9.59 Å². The molecule has 18 heavy (non-hydrogen) atoms. The monoisotopic (exact) mass is 257 g/mol. The topological polar surface area (TPSA) is 95.7 Å². The van der Waals surface area contributed by atoms with Gasteiger partial charge in [0.1, 0.15) is 0 Å². The van der Waals surface area contributed by atoms with Crippen LogP contribution in [0.2, 0.25) is 0 Å². The van der Waals surface area contributed by atoms with Gasteiger partial charge in [-0.05, 0) is 33.2 Å². The summed E-state index contributed by atoms with van der Waals surface area (Å²) in [4.78, 5) is 24.4. The largest absolute Gasteiger partial charge is 0.481 e. The molecule has 1 amide bonds. The maximum absolute atomic E-state index is 11.8. The predicted octanol–water partition coefficient (Wildman–Crippen LogP) is -0.223. The van der Waals surface area contributed by atoms with E-state index in [1.54, 1.807) is 0 Å². The molecule has 1 rings (SSSR count). The van der Waals surface area contributed by atoms with Gasteiger partial charge in [-0.25, -0.2) is 0 Å². The fourth-order valence-electron chi connectivity index (χ4n) is 2.14. The smallest absolute Gasteiger partial charge is 0.303 e. The minimum Gasteiger partial charge on any atom is -0.481 e. The molecule has 1 saturated heterocycles. The fourth-order valence-corrected chi connectivity index (χ4v) is 2.14. The van der Waals surface area contributed by atoms with Crippen LogP contribution in [0.15, 0.2) is 0 Å². The second kappa shape index (κ2) is 6.70. The number of carboxylic acids is 1. The Balaban J connectivity index is 2.33. The lowest BCUT2D eigenvalue weighted by molar-refractivity contribution is -0.137. The zero-order chi connectivity index (χ0) is 13.7. The molecule has 0 aromatic heterocycles. The van der Waals surface area contributed by atoms with Gasteiger partial charge < -0.3 is 21.1 Å². The summed E-state index contributed by atoms with van der Waals surface area (Å²) in [6, 6.07) is -0.130. The maximum Gasteiger partial charge on any atom is 0.303 e. The number of carbonyl (C=O) groups excluding carboxylic acids is 1. The van der Waals surface area contributed by atoms with Crippen molar-refractivity contribution in [3.63, 3.8) is 0 Å². The van der Waals surface area contributed by atoms with Gasteiger partial charge in [0.05, 0.1) is 6.04 Å². The number of nitrogens with zero attached hydrogens (tertiary/aromatic N) is 1. The van der Waals surface area contributed by atoms with Gasteiger partial charge in [-0.3, -0.25) is 9.59 Å². The molecule has 0 spiro atoms. The van der Waals surface area contributed by atoms with E-state index in [1.807, 2.05) is 0 Å². The van der Waals surface area contributed by atoms with Crippen molar-refractivity contribution < 1.29 is 14.7 Å². The van der Waals surface area contributed by atoms with Crippen LogP contribution in [0.1, 0.15) is 32.6 Å². The Morgan fingerprint density at radius 2 is 2.22 bits per heavy atom. The van der Waals surface area contributed by atoms with E-state index in [0.717, 1.165) is 19.4 Å². The second-order valence-corrected chi connectivity index (χ2v) is 5.10. The number of likely N-dealkylation sites (tertiary alicyclic amines) is 1. The van der Waals surface area contributed by atoms with Gasteiger partial charge in [0.2, 0.25) is 5.91 Å². The van der Waals surface area contributed by atoms with Crippen LogP contribution in [0.25, 0.3) is 0 Å². The van der Waals surface area contributed by atoms with Gasteiger partial charge in [0.15, 0.2) is 0 Å². The first-order valence-corrected chi connectivity index (χ1v) is 6.38. The van der Waals surface area contributed by atoms with Gasteiger partial charge in [0, 0.05) is 25.0 Å². The number of nitrogens with one attached hydrogen (secondary N) is 1. The van der Waals surface area contributed by atoms with Crippen molar-refractivity contribution in [3.8, 4) is 0 Å². The van der Waals surface area contributed by atoms with E-state index in [2.05, 4.69) is 24.2 Å². The summed E-state index contributed by atoms with van der Waals surface area (Å²) in [5.74, 6) is -1.16. The fraction of sp³-hybridized carbons (Fsp3) is 0.833. The molecule has 3 atom stereocenters. The third-order valence-electron chi connectivity index (χ3n) is 3.56. The van der Waals surface area contributed by atoms with Crippen LogP contribution in [-0.4, -0.2) is 53.6 Å². The van der Waals surface area contributed by atoms with Crippen LogP contribution in [0.4, 0.5) is 0 Å². The summed E-state index contributed by atoms with van der Waals surface area (Å²) < 4.78 is 0. The Morgan fingerprint density at radius 1 is 1.56 bits per heavy atom. The van der Waals surface area contributed by atoms with Gasteiger partial charge in [-0.2, -0.15) is 0 Å². The first-order valence-electron chi connectivity index (χ1n) is 6.38. The first kappa shape index (κ1) is 14.9. The molecule has 6 nitrogen and oxygen atoms in total. The highest BCUT2D eigenvalue weighted by atomic mass is 16.4. The van der Waals surface area contributed by atoms with E-state index >= 15 is 0 Å². The number of aliphatic carboxylic acids is 1. The molecule has 0 saturated carbocycles. The zero-order valence-electron chi connectivity index (χ0n) is 11.1. The van der Waals surface area contributed by atoms with Crippen LogP contribution in [0.3, 0.4) is 0 Å². The average molecular weight is 257 g/mol. The number of piperidine rings is 1. The number of carbonyl (C=O) groups is 2. The summed E-state index contributed by atoms with van der Waals surface area (Å²) in [6.07, 6.45) is 1.94. The van der Waals surface area contributed by atoms with Gasteiger partial charge in [-0.1, -0.05) is 0 Å². The molecule has 1 fully saturated rings. The zero-order valence-corrected chi connectivity index (χ0v) is 11.1. The highest BCUT2D eigenvalue weighted by molar-refractivity contribution is 5.82. The number of rotatable bonds is 5. The van der Waals surface area contributed by atoms with E-state index in [0.29, 0.717) is 6.04 Å². The minimum absolute atomic E-state index is 0.0710. The number of carboxylic acid groups (broad SMARTS) is 1. The van der Waals surface area contributed by atoms with E-state index in [4.69, 9.17) is 10.8 Å². The Kier molecular flexibility index (Phi) is 5.55. The predicted molar refractivity (Wildman–Crippen MR) is 68.1 cm³/mol. The lowest BCUT2D eigenvalue weighted by Gasteiger charge is -2.35. The third kappa shape index (κ3) is 4.62. The molecule has 0 bridgehead atoms. The molecule has 3 unspecified atom stereocenters. The number of amides is 1. The quantitative estimate of drug-likeness (QED) is 0.632. The van der Waals surface area contributed by atoms with Crippen molar-refractivity contribution in [1.82, 2.24) is 10.2 Å². The van der Waals surface area contributed by atoms with Crippen LogP contribution < -0.4 is 11.1 Å². The van der Waals surface area contributed by atoms with E-state index in [-0.39, 0.29) is 24.8 Å². The summed E-state index contributed by atoms with van der Waals surface area (Å²) in [5, 5.41) is 11.4. The van der Waals surface area contributed by atoms with Crippen LogP contribution in [-0.2, 0) is 9.59 Å². The first-order chi connectivity index (χ1) is 8.40. The second-order valence-electron chi connectivity index (χ2n) is 5.10. The van der Waals surface area contributed by atoms with Gasteiger partial charge >= 0.3 is 5.97 Å². The average Bonchev–Trinajstić information content (AvgIpc) is 2.30. The van der Waals surface area contributed by atoms with Crippen molar-refractivity contribution in [2.45, 2.75) is 50.7 Å². The molecule has 0 aromatic carbocycles. The Morgan fingerprint density at radius 3 is 2.78 bits per heavy atom. The van der Waals surface area contributed by atoms with Crippen molar-refractivity contribution in [3.05, 3.63) is 0 Å². The lowest BCUT2D eigenvalue weighted by atomic mass is 9.98. The van der Waals surface area contributed by atoms with Crippen molar-refractivity contribution in [2.75, 3.05) is 13.6 Å². The van der Waals surface area contributed by atoms with Gasteiger partial charge in [-0.15, -0.1) is 0 Å². The molecule has 1 aliphatic rings. The molecule has 1 aliphatic heterocycles. The molecule has 0 aliphatic carbocycles. The van der Waals surface area contributed by atoms with Gasteiger partial charge in [0.25, 0.3) is 0 Å². The van der Waals surface area contributed by atoms with Crippen molar-refractivity contribution in [2.24, 2.45) is 5.73 Å². The molecular weight excluding hydrogens is 234 g/mol. The summed E-state index contributed by atoms with van der Waals surface area (Å²) in [7, 11) is 2.07. The summed E-state index contributed by atoms with van der Waals surface area (Å²) in [5.41, 5.74) is 5.66. The number of nitrogens with two attached hydrogens (primary N) is 1. The minimum atomic E-state index is -0.925. The highest BCUT2D eigenvalue weighted by Gasteiger charge is 2.25. The van der Waals surface area contributed by atoms with Crippen LogP contribution in [0, 0.1) is 0 Å². The van der Waals surface area contributed by atoms with Crippen molar-refractivity contribution >= 4 is 11.9 Å². The number of hydrogen-bond donors (Lipinski definition) is 3. The molecule has 0 radical (unpaired) electrons. The van der Waals surface area contributed by atoms with Crippen molar-refractivity contribution in [1.29, 1.82) is 0 Å². The molecule has 6 heteroatoms. The van der Waals surface area contributed by atoms with Crippen LogP contribution >= 0.6 is 0 Å². The normalized spacial score (nSPS) is 26.6. The standard InChI is InChI=1S/C12H23N3O3/c1-8-7-9(5-6-15(8)2)14-12(18)10(13)3-4-11(16)17/h8-10H,3-7,13H2,1-2H3,(H,14,18)(H,16,17). The Hall–Kier alpha value is -1.14. The SMILES string of the molecule is CC1CC(NC(=O)C(N)CCC(=O)O)CCN1C. The molecule has 0 aromatic rings.